The van der Waals surface area contributed by atoms with Crippen LogP contribution in [0.15, 0.2) is 132 Å². The van der Waals surface area contributed by atoms with E-state index in [0.29, 0.717) is 5.57 Å². The highest BCUT2D eigenvalue weighted by molar-refractivity contribution is 7.87. The van der Waals surface area contributed by atoms with Crippen LogP contribution in [0.4, 0.5) is 0 Å². The number of rotatable bonds is 6. The number of aldehydes is 1. The lowest BCUT2D eigenvalue weighted by Crippen LogP contribution is -2.25. The van der Waals surface area contributed by atoms with Crippen LogP contribution in [0.3, 0.4) is 0 Å². The summed E-state index contributed by atoms with van der Waals surface area (Å²) in [5.41, 5.74) is 2.30. The average molecular weight is 421 g/mol. The van der Waals surface area contributed by atoms with Gasteiger partial charge in [0.1, 0.15) is 6.29 Å². The number of benzene rings is 4. The quantitative estimate of drug-likeness (QED) is 0.220. The lowest BCUT2D eigenvalue weighted by atomic mass is 10.1. The van der Waals surface area contributed by atoms with Crippen molar-refractivity contribution in [2.24, 2.45) is 4.74 Å². The topological polar surface area (TPSA) is 29.4 Å². The molecule has 152 valence electrons. The van der Waals surface area contributed by atoms with E-state index in [1.54, 1.807) is 0 Å². The summed E-state index contributed by atoms with van der Waals surface area (Å²) in [6.45, 7) is 1.84. The predicted octanol–water partition coefficient (Wildman–Crippen LogP) is 5.79. The Morgan fingerprint density at radius 1 is 0.613 bits per heavy atom. The molecule has 4 aromatic carbocycles. The Bertz CT molecular complexity index is 1130. The van der Waals surface area contributed by atoms with Crippen molar-refractivity contribution in [1.29, 1.82) is 0 Å². The predicted molar refractivity (Wildman–Crippen MR) is 133 cm³/mol. The minimum absolute atomic E-state index is 0.623. The molecule has 0 bridgehead atoms. The number of allylic oxidation sites excluding steroid dienone is 1. The highest BCUT2D eigenvalue weighted by Gasteiger charge is 2.28. The Kier molecular flexibility index (Phi) is 6.40. The second kappa shape index (κ2) is 9.55. The lowest BCUT2D eigenvalue weighted by molar-refractivity contribution is -0.104. The van der Waals surface area contributed by atoms with Crippen molar-refractivity contribution in [3.63, 3.8) is 0 Å². The second-order valence-electron chi connectivity index (χ2n) is 7.26. The fraction of sp³-hybridized carbons (Fsp3) is 0.0357. The number of hydrogen-bond donors (Lipinski definition) is 0. The van der Waals surface area contributed by atoms with Crippen LogP contribution in [0.5, 0.6) is 0 Å². The fourth-order valence-corrected chi connectivity index (χ4v) is 7.34. The molecular formula is C28H24NOP. The molecule has 0 N–H and O–H groups in total. The van der Waals surface area contributed by atoms with Gasteiger partial charge in [0, 0.05) is 27.1 Å². The molecule has 0 aliphatic heterocycles. The monoisotopic (exact) mass is 421 g/mol. The van der Waals surface area contributed by atoms with Crippen LogP contribution in [0.2, 0.25) is 0 Å². The molecule has 31 heavy (non-hydrogen) atoms. The third kappa shape index (κ3) is 4.21. The molecule has 0 aliphatic carbocycles. The molecule has 0 amide bonds. The van der Waals surface area contributed by atoms with Crippen LogP contribution < -0.4 is 15.9 Å². The molecule has 0 heterocycles. The first-order valence-corrected chi connectivity index (χ1v) is 12.0. The van der Waals surface area contributed by atoms with Gasteiger partial charge in [0.15, 0.2) is 0 Å². The summed E-state index contributed by atoms with van der Waals surface area (Å²) < 4.78 is 5.52. The zero-order valence-electron chi connectivity index (χ0n) is 17.4. The normalized spacial score (nSPS) is 12.0. The van der Waals surface area contributed by atoms with Crippen LogP contribution >= 0.6 is 7.05 Å². The van der Waals surface area contributed by atoms with Crippen molar-refractivity contribution in [2.45, 2.75) is 6.92 Å². The maximum absolute atomic E-state index is 11.9. The average Bonchev–Trinajstić information content (AvgIpc) is 2.87. The molecule has 0 aromatic heterocycles. The summed E-state index contributed by atoms with van der Waals surface area (Å²) in [5.74, 6) is 0. The third-order valence-electron chi connectivity index (χ3n) is 5.24. The summed E-state index contributed by atoms with van der Waals surface area (Å²) in [4.78, 5) is 11.9. The Morgan fingerprint density at radius 3 is 1.32 bits per heavy atom. The molecule has 4 aromatic rings. The van der Waals surface area contributed by atoms with Crippen molar-refractivity contribution in [1.82, 2.24) is 0 Å². The Hall–Kier alpha value is -3.48. The SMILES string of the molecule is CC(C=O)=C(N=P(c1ccccc1)(c1ccccc1)c1ccccc1)c1ccccc1. The molecule has 4 rings (SSSR count). The molecule has 0 fully saturated rings. The molecule has 0 atom stereocenters. The van der Waals surface area contributed by atoms with Crippen molar-refractivity contribution < 1.29 is 4.79 Å². The van der Waals surface area contributed by atoms with E-state index in [0.717, 1.165) is 33.5 Å². The minimum atomic E-state index is -2.43. The van der Waals surface area contributed by atoms with Crippen molar-refractivity contribution in [3.05, 3.63) is 132 Å². The number of nitrogens with zero attached hydrogens (tertiary/aromatic N) is 1. The number of carbonyl (C=O) groups excluding carboxylic acids is 1. The molecular weight excluding hydrogens is 397 g/mol. The molecule has 0 aliphatic rings. The van der Waals surface area contributed by atoms with E-state index >= 15 is 0 Å². The van der Waals surface area contributed by atoms with Gasteiger partial charge in [-0.05, 0) is 6.92 Å². The van der Waals surface area contributed by atoms with Crippen LogP contribution in [-0.2, 0) is 4.79 Å². The third-order valence-corrected chi connectivity index (χ3v) is 8.87. The van der Waals surface area contributed by atoms with Gasteiger partial charge in [-0.15, -0.1) is 0 Å². The van der Waals surface area contributed by atoms with Gasteiger partial charge >= 0.3 is 0 Å². The molecule has 2 nitrogen and oxygen atoms in total. The van der Waals surface area contributed by atoms with Gasteiger partial charge in [-0.3, -0.25) is 9.54 Å². The van der Waals surface area contributed by atoms with E-state index in [4.69, 9.17) is 4.74 Å². The van der Waals surface area contributed by atoms with Crippen molar-refractivity contribution in [3.8, 4) is 0 Å². The number of hydrogen-bond acceptors (Lipinski definition) is 2. The Morgan fingerprint density at radius 2 is 0.968 bits per heavy atom. The first kappa shape index (κ1) is 20.8. The smallest absolute Gasteiger partial charge is 0.147 e. The standard InChI is InChI=1S/C28H24NOP/c1-23(22-30)28(24-14-6-2-7-15-24)29-31(25-16-8-3-9-17-25,26-18-10-4-11-19-26)27-20-12-5-13-21-27/h2-22H,1H3. The first-order valence-electron chi connectivity index (χ1n) is 10.3. The minimum Gasteiger partial charge on any atom is -0.298 e. The Balaban J connectivity index is 2.18. The van der Waals surface area contributed by atoms with Gasteiger partial charge in [-0.1, -0.05) is 121 Å². The molecule has 0 spiro atoms. The van der Waals surface area contributed by atoms with Crippen LogP contribution in [0.25, 0.3) is 5.70 Å². The van der Waals surface area contributed by atoms with E-state index in [2.05, 4.69) is 72.8 Å². The summed E-state index contributed by atoms with van der Waals surface area (Å²) in [6, 6.07) is 41.3. The van der Waals surface area contributed by atoms with E-state index in [1.165, 1.54) is 0 Å². The van der Waals surface area contributed by atoms with E-state index in [-0.39, 0.29) is 0 Å². The summed E-state index contributed by atoms with van der Waals surface area (Å²) >= 11 is 0. The van der Waals surface area contributed by atoms with Gasteiger partial charge in [0.2, 0.25) is 0 Å². The highest BCUT2D eigenvalue weighted by atomic mass is 31.2. The molecule has 0 radical (unpaired) electrons. The molecule has 0 saturated heterocycles. The van der Waals surface area contributed by atoms with Crippen LogP contribution in [0.1, 0.15) is 12.5 Å². The molecule has 0 unspecified atom stereocenters. The zero-order valence-corrected chi connectivity index (χ0v) is 18.3. The maximum Gasteiger partial charge on any atom is 0.147 e. The van der Waals surface area contributed by atoms with E-state index in [1.807, 2.05) is 55.5 Å². The van der Waals surface area contributed by atoms with Gasteiger partial charge in [-0.2, -0.15) is 0 Å². The largest absolute Gasteiger partial charge is 0.298 e. The first-order chi connectivity index (χ1) is 15.3. The van der Waals surface area contributed by atoms with Crippen molar-refractivity contribution >= 4 is 35.0 Å². The van der Waals surface area contributed by atoms with E-state index < -0.39 is 7.05 Å². The van der Waals surface area contributed by atoms with Gasteiger partial charge in [0.05, 0.1) is 12.8 Å². The van der Waals surface area contributed by atoms with Gasteiger partial charge in [-0.25, -0.2) is 0 Å². The van der Waals surface area contributed by atoms with Gasteiger partial charge < -0.3 is 0 Å². The fourth-order valence-electron chi connectivity index (χ4n) is 3.72. The Labute approximate surface area is 184 Å². The summed E-state index contributed by atoms with van der Waals surface area (Å²) in [6.07, 6.45) is 0.904. The lowest BCUT2D eigenvalue weighted by Gasteiger charge is -2.28. The second-order valence-corrected chi connectivity index (χ2v) is 10.3. The van der Waals surface area contributed by atoms with E-state index in [9.17, 15) is 4.79 Å². The highest BCUT2D eigenvalue weighted by Crippen LogP contribution is 2.49. The zero-order chi connectivity index (χ0) is 21.5. The summed E-state index contributed by atoms with van der Waals surface area (Å²) in [7, 11) is -2.43. The number of carbonyl (C=O) groups is 1. The van der Waals surface area contributed by atoms with Gasteiger partial charge in [0.25, 0.3) is 0 Å². The maximum atomic E-state index is 11.9. The summed E-state index contributed by atoms with van der Waals surface area (Å²) in [5, 5.41) is 3.46. The van der Waals surface area contributed by atoms with Crippen LogP contribution in [0, 0.1) is 0 Å². The molecule has 3 heteroatoms. The van der Waals surface area contributed by atoms with Crippen molar-refractivity contribution in [2.75, 3.05) is 0 Å². The van der Waals surface area contributed by atoms with Crippen LogP contribution in [-0.4, -0.2) is 6.29 Å². The molecule has 0 saturated carbocycles.